The molecule has 5 nitrogen and oxygen atoms in total. The molecule has 0 unspecified atom stereocenters. The van der Waals surface area contributed by atoms with Crippen molar-refractivity contribution in [3.63, 3.8) is 0 Å². The second kappa shape index (κ2) is 6.71. The van der Waals surface area contributed by atoms with Crippen molar-refractivity contribution >= 4 is 0 Å². The van der Waals surface area contributed by atoms with Crippen LogP contribution in [0.4, 0.5) is 4.39 Å². The predicted molar refractivity (Wildman–Crippen MR) is 80.3 cm³/mol. The molecule has 6 heteroatoms. The molecule has 1 N–H and O–H groups in total. The third kappa shape index (κ3) is 3.82. The first-order valence-electron chi connectivity index (χ1n) is 6.84. The average Bonchev–Trinajstić information content (AvgIpc) is 3.06. The van der Waals surface area contributed by atoms with E-state index in [1.807, 2.05) is 24.3 Å². The smallest absolute Gasteiger partial charge is 0.138 e. The van der Waals surface area contributed by atoms with Gasteiger partial charge in [0.25, 0.3) is 0 Å². The lowest BCUT2D eigenvalue weighted by atomic mass is 10.2. The topological polar surface area (TPSA) is 52.0 Å². The Balaban J connectivity index is 1.57. The summed E-state index contributed by atoms with van der Waals surface area (Å²) in [5, 5.41) is 7.44. The van der Waals surface area contributed by atoms with Crippen LogP contribution in [0.25, 0.3) is 0 Å². The summed E-state index contributed by atoms with van der Waals surface area (Å²) in [5.74, 6) is 0.526. The summed E-state index contributed by atoms with van der Waals surface area (Å²) >= 11 is 0. The molecule has 0 spiro atoms. The lowest BCUT2D eigenvalue weighted by molar-refractivity contribution is 0.306. The highest BCUT2D eigenvalue weighted by atomic mass is 19.1. The molecule has 0 bridgehead atoms. The Morgan fingerprint density at radius 3 is 2.55 bits per heavy atom. The van der Waals surface area contributed by atoms with Crippen molar-refractivity contribution in [3.05, 3.63) is 78.1 Å². The van der Waals surface area contributed by atoms with Crippen LogP contribution in [-0.4, -0.2) is 14.9 Å². The number of nitrogens with one attached hydrogen (secondary N) is 1. The molecule has 0 aliphatic rings. The molecule has 0 amide bonds. The first kappa shape index (κ1) is 14.1. The maximum atomic E-state index is 12.8. The van der Waals surface area contributed by atoms with Crippen molar-refractivity contribution in [1.29, 1.82) is 0 Å². The van der Waals surface area contributed by atoms with Crippen molar-refractivity contribution in [2.45, 2.75) is 13.2 Å². The van der Waals surface area contributed by atoms with Crippen LogP contribution in [0.1, 0.15) is 11.1 Å². The first-order chi connectivity index (χ1) is 10.8. The molecule has 0 saturated heterocycles. The zero-order chi connectivity index (χ0) is 15.2. The summed E-state index contributed by atoms with van der Waals surface area (Å²) in [5.41, 5.74) is 5.14. The lowest BCUT2D eigenvalue weighted by Crippen LogP contribution is -2.12. The third-order valence-corrected chi connectivity index (χ3v) is 3.10. The normalized spacial score (nSPS) is 10.4. The van der Waals surface area contributed by atoms with E-state index in [2.05, 4.69) is 15.6 Å². The van der Waals surface area contributed by atoms with Gasteiger partial charge in [-0.2, -0.15) is 0 Å². The van der Waals surface area contributed by atoms with Crippen molar-refractivity contribution in [3.8, 4) is 5.75 Å². The summed E-state index contributed by atoms with van der Waals surface area (Å²) in [6, 6.07) is 14.1. The van der Waals surface area contributed by atoms with E-state index >= 15 is 0 Å². The number of rotatable bonds is 6. The zero-order valence-electron chi connectivity index (χ0n) is 11.8. The maximum absolute atomic E-state index is 12.8. The van der Waals surface area contributed by atoms with Gasteiger partial charge in [-0.05, 0) is 35.4 Å². The zero-order valence-corrected chi connectivity index (χ0v) is 11.8. The average molecular weight is 298 g/mol. The van der Waals surface area contributed by atoms with Gasteiger partial charge in [0.2, 0.25) is 0 Å². The standard InChI is InChI=1S/C16H15FN4O/c17-15-6-4-13(5-7-15)10-22-16-3-1-2-14(8-16)9-20-21-11-18-19-12-21/h1-8,11-12,20H,9-10H2. The van der Waals surface area contributed by atoms with Gasteiger partial charge in [0, 0.05) is 0 Å². The van der Waals surface area contributed by atoms with Crippen LogP contribution in [0.2, 0.25) is 0 Å². The molecule has 0 atom stereocenters. The summed E-state index contributed by atoms with van der Waals surface area (Å²) in [6.45, 7) is 1.04. The molecule has 0 fully saturated rings. The Morgan fingerprint density at radius 2 is 1.77 bits per heavy atom. The maximum Gasteiger partial charge on any atom is 0.138 e. The molecule has 1 heterocycles. The van der Waals surface area contributed by atoms with Crippen LogP contribution in [0.15, 0.2) is 61.2 Å². The molecule has 112 valence electrons. The van der Waals surface area contributed by atoms with Crippen LogP contribution in [-0.2, 0) is 13.2 Å². The molecule has 0 saturated carbocycles. The molecule has 22 heavy (non-hydrogen) atoms. The molecular formula is C16H15FN4O. The number of ether oxygens (including phenoxy) is 1. The monoisotopic (exact) mass is 298 g/mol. The van der Waals surface area contributed by atoms with Crippen LogP contribution in [0, 0.1) is 5.82 Å². The van der Waals surface area contributed by atoms with Crippen LogP contribution in [0.5, 0.6) is 5.75 Å². The molecule has 3 rings (SSSR count). The van der Waals surface area contributed by atoms with Gasteiger partial charge in [0.1, 0.15) is 30.8 Å². The number of halogens is 1. The minimum atomic E-state index is -0.245. The number of hydrogen-bond acceptors (Lipinski definition) is 4. The first-order valence-corrected chi connectivity index (χ1v) is 6.84. The molecule has 0 radical (unpaired) electrons. The van der Waals surface area contributed by atoms with Gasteiger partial charge in [0.05, 0.1) is 6.54 Å². The highest BCUT2D eigenvalue weighted by Gasteiger charge is 1.99. The SMILES string of the molecule is Fc1ccc(COc2cccc(CNn3cnnc3)c2)cc1. The number of nitrogens with zero attached hydrogens (tertiary/aromatic N) is 3. The van der Waals surface area contributed by atoms with Gasteiger partial charge >= 0.3 is 0 Å². The van der Waals surface area contributed by atoms with Gasteiger partial charge in [-0.15, -0.1) is 10.2 Å². The quantitative estimate of drug-likeness (QED) is 0.760. The van der Waals surface area contributed by atoms with E-state index in [9.17, 15) is 4.39 Å². The van der Waals surface area contributed by atoms with Gasteiger partial charge < -0.3 is 10.2 Å². The Morgan fingerprint density at radius 1 is 1.00 bits per heavy atom. The van der Waals surface area contributed by atoms with Gasteiger partial charge in [-0.1, -0.05) is 24.3 Å². The van der Waals surface area contributed by atoms with E-state index in [1.165, 1.54) is 12.1 Å². The molecule has 1 aromatic heterocycles. The van der Waals surface area contributed by atoms with Gasteiger partial charge in [-0.25, -0.2) is 9.07 Å². The second-order valence-corrected chi connectivity index (χ2v) is 4.77. The highest BCUT2D eigenvalue weighted by molar-refractivity contribution is 5.29. The van der Waals surface area contributed by atoms with Crippen molar-refractivity contribution in [2.24, 2.45) is 0 Å². The summed E-state index contributed by atoms with van der Waals surface area (Å²) in [4.78, 5) is 0. The minimum Gasteiger partial charge on any atom is -0.489 e. The van der Waals surface area contributed by atoms with Crippen molar-refractivity contribution in [2.75, 3.05) is 5.43 Å². The molecule has 2 aromatic carbocycles. The molecule has 3 aromatic rings. The fourth-order valence-corrected chi connectivity index (χ4v) is 1.96. The van der Waals surface area contributed by atoms with Gasteiger partial charge in [0.15, 0.2) is 0 Å². The van der Waals surface area contributed by atoms with Crippen molar-refractivity contribution in [1.82, 2.24) is 14.9 Å². The Bertz CT molecular complexity index is 713. The minimum absolute atomic E-state index is 0.245. The Kier molecular flexibility index (Phi) is 4.29. The fraction of sp³-hybridized carbons (Fsp3) is 0.125. The number of hydrogen-bond donors (Lipinski definition) is 1. The second-order valence-electron chi connectivity index (χ2n) is 4.77. The van der Waals surface area contributed by atoms with E-state index < -0.39 is 0 Å². The molecule has 0 aliphatic carbocycles. The Labute approximate surface area is 127 Å². The lowest BCUT2D eigenvalue weighted by Gasteiger charge is -2.09. The Hall–Kier alpha value is -2.89. The van der Waals surface area contributed by atoms with Crippen LogP contribution in [0.3, 0.4) is 0 Å². The summed E-state index contributed by atoms with van der Waals surface area (Å²) in [6.07, 6.45) is 3.18. The van der Waals surface area contributed by atoms with Crippen LogP contribution >= 0.6 is 0 Å². The van der Waals surface area contributed by atoms with Crippen molar-refractivity contribution < 1.29 is 9.13 Å². The van der Waals surface area contributed by atoms with E-state index in [-0.39, 0.29) is 5.82 Å². The highest BCUT2D eigenvalue weighted by Crippen LogP contribution is 2.15. The van der Waals surface area contributed by atoms with E-state index in [4.69, 9.17) is 4.74 Å². The fourth-order valence-electron chi connectivity index (χ4n) is 1.96. The van der Waals surface area contributed by atoms with E-state index in [1.54, 1.807) is 29.5 Å². The third-order valence-electron chi connectivity index (χ3n) is 3.10. The molecular weight excluding hydrogens is 283 g/mol. The van der Waals surface area contributed by atoms with E-state index in [0.717, 1.165) is 16.9 Å². The predicted octanol–water partition coefficient (Wildman–Crippen LogP) is 2.74. The summed E-state index contributed by atoms with van der Waals surface area (Å²) in [7, 11) is 0. The number of benzene rings is 2. The van der Waals surface area contributed by atoms with E-state index in [0.29, 0.717) is 13.2 Å². The summed E-state index contributed by atoms with van der Waals surface area (Å²) < 4.78 is 20.3. The molecule has 0 aliphatic heterocycles. The number of aromatic nitrogens is 3. The van der Waals surface area contributed by atoms with Crippen LogP contribution < -0.4 is 10.2 Å². The largest absolute Gasteiger partial charge is 0.489 e. The van der Waals surface area contributed by atoms with Gasteiger partial charge in [-0.3, -0.25) is 0 Å².